The van der Waals surface area contributed by atoms with E-state index in [1.165, 1.54) is 6.07 Å². The fourth-order valence-electron chi connectivity index (χ4n) is 1.46. The van der Waals surface area contributed by atoms with E-state index in [-0.39, 0.29) is 22.8 Å². The molecular formula is C12H10BrCl2N3O. The van der Waals surface area contributed by atoms with E-state index < -0.39 is 6.10 Å². The molecule has 0 saturated heterocycles. The molecule has 0 amide bonds. The Labute approximate surface area is 128 Å². The summed E-state index contributed by atoms with van der Waals surface area (Å²) in [6, 6.07) is 8.85. The summed E-state index contributed by atoms with van der Waals surface area (Å²) >= 11 is 14.9. The van der Waals surface area contributed by atoms with Crippen LogP contribution in [0.3, 0.4) is 0 Å². The van der Waals surface area contributed by atoms with Crippen molar-refractivity contribution in [2.45, 2.75) is 6.10 Å². The molecule has 0 radical (unpaired) electrons. The Morgan fingerprint density at radius 1 is 1.16 bits per heavy atom. The largest absolute Gasteiger partial charge is 0.387 e. The Bertz CT molecular complexity index is 545. The van der Waals surface area contributed by atoms with E-state index in [0.717, 1.165) is 10.0 Å². The van der Waals surface area contributed by atoms with Crippen LogP contribution in [0.5, 0.6) is 0 Å². The summed E-state index contributed by atoms with van der Waals surface area (Å²) in [4.78, 5) is 7.91. The second-order valence-corrected chi connectivity index (χ2v) is 5.48. The first-order valence-electron chi connectivity index (χ1n) is 5.42. The van der Waals surface area contributed by atoms with Gasteiger partial charge in [-0.05, 0) is 17.7 Å². The zero-order chi connectivity index (χ0) is 13.8. The van der Waals surface area contributed by atoms with Gasteiger partial charge in [0.1, 0.15) is 10.3 Å². The van der Waals surface area contributed by atoms with E-state index in [2.05, 4.69) is 31.2 Å². The highest BCUT2D eigenvalue weighted by Crippen LogP contribution is 2.18. The van der Waals surface area contributed by atoms with Gasteiger partial charge in [-0.15, -0.1) is 0 Å². The second-order valence-electron chi connectivity index (χ2n) is 3.79. The van der Waals surface area contributed by atoms with Crippen molar-refractivity contribution in [3.05, 3.63) is 50.7 Å². The molecule has 1 aromatic carbocycles. The highest BCUT2D eigenvalue weighted by molar-refractivity contribution is 9.10. The van der Waals surface area contributed by atoms with Crippen LogP contribution in [0.2, 0.25) is 10.3 Å². The van der Waals surface area contributed by atoms with Gasteiger partial charge in [0.25, 0.3) is 0 Å². The number of hydrogen-bond donors (Lipinski definition) is 2. The number of benzene rings is 1. The van der Waals surface area contributed by atoms with Gasteiger partial charge in [-0.2, -0.15) is 0 Å². The van der Waals surface area contributed by atoms with Crippen molar-refractivity contribution < 1.29 is 5.11 Å². The molecular weight excluding hydrogens is 353 g/mol. The lowest BCUT2D eigenvalue weighted by molar-refractivity contribution is 0.191. The highest BCUT2D eigenvalue weighted by atomic mass is 79.9. The van der Waals surface area contributed by atoms with Gasteiger partial charge >= 0.3 is 0 Å². The topological polar surface area (TPSA) is 58.0 Å². The molecule has 0 aliphatic rings. The fraction of sp³-hybridized carbons (Fsp3) is 0.167. The molecule has 2 aromatic rings. The average molecular weight is 363 g/mol. The Morgan fingerprint density at radius 3 is 2.32 bits per heavy atom. The van der Waals surface area contributed by atoms with Crippen molar-refractivity contribution in [3.63, 3.8) is 0 Å². The molecule has 1 unspecified atom stereocenters. The normalized spacial score (nSPS) is 12.2. The lowest BCUT2D eigenvalue weighted by Gasteiger charge is -2.12. The molecule has 0 spiro atoms. The fourth-order valence-corrected chi connectivity index (χ4v) is 2.15. The van der Waals surface area contributed by atoms with E-state index in [4.69, 9.17) is 23.2 Å². The minimum absolute atomic E-state index is 0.251. The molecule has 2 N–H and O–H groups in total. The van der Waals surface area contributed by atoms with Gasteiger partial charge in [-0.3, -0.25) is 0 Å². The number of nitrogens with one attached hydrogen (secondary N) is 1. The maximum Gasteiger partial charge on any atom is 0.225 e. The Morgan fingerprint density at radius 2 is 1.74 bits per heavy atom. The first kappa shape index (κ1) is 14.5. The third kappa shape index (κ3) is 4.31. The van der Waals surface area contributed by atoms with Crippen LogP contribution < -0.4 is 5.32 Å². The minimum Gasteiger partial charge on any atom is -0.387 e. The van der Waals surface area contributed by atoms with Gasteiger partial charge in [0, 0.05) is 17.1 Å². The zero-order valence-corrected chi connectivity index (χ0v) is 12.7. The average Bonchev–Trinajstić information content (AvgIpc) is 2.36. The van der Waals surface area contributed by atoms with Gasteiger partial charge in [0.15, 0.2) is 0 Å². The first-order chi connectivity index (χ1) is 9.04. The number of aliphatic hydroxyl groups excluding tert-OH is 1. The Kier molecular flexibility index (Phi) is 4.99. The lowest BCUT2D eigenvalue weighted by Crippen LogP contribution is -2.14. The summed E-state index contributed by atoms with van der Waals surface area (Å²) in [5.74, 6) is 0.286. The quantitative estimate of drug-likeness (QED) is 0.814. The summed E-state index contributed by atoms with van der Waals surface area (Å²) in [5, 5.41) is 13.4. The number of halogens is 3. The van der Waals surface area contributed by atoms with Crippen LogP contribution in [0.1, 0.15) is 11.7 Å². The van der Waals surface area contributed by atoms with Crippen molar-refractivity contribution in [2.75, 3.05) is 11.9 Å². The molecule has 100 valence electrons. The van der Waals surface area contributed by atoms with Gasteiger partial charge in [-0.1, -0.05) is 51.3 Å². The zero-order valence-electron chi connectivity index (χ0n) is 9.65. The van der Waals surface area contributed by atoms with E-state index >= 15 is 0 Å². The van der Waals surface area contributed by atoms with Gasteiger partial charge in [-0.25, -0.2) is 9.97 Å². The van der Waals surface area contributed by atoms with E-state index in [1.807, 2.05) is 24.3 Å². The van der Waals surface area contributed by atoms with E-state index in [0.29, 0.717) is 0 Å². The summed E-state index contributed by atoms with van der Waals surface area (Å²) in [6.45, 7) is 0.262. The van der Waals surface area contributed by atoms with Crippen LogP contribution in [0, 0.1) is 0 Å². The minimum atomic E-state index is -0.672. The number of nitrogens with zero attached hydrogens (tertiary/aromatic N) is 2. The van der Waals surface area contributed by atoms with E-state index in [9.17, 15) is 5.11 Å². The molecule has 1 aromatic heterocycles. The van der Waals surface area contributed by atoms with Crippen LogP contribution in [-0.4, -0.2) is 21.6 Å². The number of hydrogen-bond acceptors (Lipinski definition) is 4. The van der Waals surface area contributed by atoms with E-state index in [1.54, 1.807) is 0 Å². The van der Waals surface area contributed by atoms with Crippen LogP contribution in [-0.2, 0) is 0 Å². The van der Waals surface area contributed by atoms with Crippen LogP contribution >= 0.6 is 39.1 Å². The molecule has 2 rings (SSSR count). The molecule has 7 heteroatoms. The third-order valence-electron chi connectivity index (χ3n) is 2.37. The van der Waals surface area contributed by atoms with Crippen molar-refractivity contribution in [1.82, 2.24) is 9.97 Å². The van der Waals surface area contributed by atoms with Gasteiger partial charge in [0.05, 0.1) is 6.10 Å². The second kappa shape index (κ2) is 6.52. The Hall–Kier alpha value is -0.880. The highest BCUT2D eigenvalue weighted by Gasteiger charge is 2.08. The molecule has 19 heavy (non-hydrogen) atoms. The van der Waals surface area contributed by atoms with Crippen LogP contribution in [0.4, 0.5) is 5.95 Å². The molecule has 0 bridgehead atoms. The molecule has 4 nitrogen and oxygen atoms in total. The van der Waals surface area contributed by atoms with Crippen LogP contribution in [0.25, 0.3) is 0 Å². The summed E-state index contributed by atoms with van der Waals surface area (Å²) in [7, 11) is 0. The maximum absolute atomic E-state index is 10.0. The molecule has 0 fully saturated rings. The van der Waals surface area contributed by atoms with Gasteiger partial charge in [0.2, 0.25) is 5.95 Å². The van der Waals surface area contributed by atoms with Gasteiger partial charge < -0.3 is 10.4 Å². The molecule has 0 aliphatic carbocycles. The van der Waals surface area contributed by atoms with Crippen molar-refractivity contribution in [2.24, 2.45) is 0 Å². The predicted molar refractivity (Wildman–Crippen MR) is 79.6 cm³/mol. The lowest BCUT2D eigenvalue weighted by atomic mass is 10.1. The van der Waals surface area contributed by atoms with Crippen LogP contribution in [0.15, 0.2) is 34.8 Å². The Balaban J connectivity index is 1.99. The van der Waals surface area contributed by atoms with Crippen molar-refractivity contribution in [1.29, 1.82) is 0 Å². The number of rotatable bonds is 4. The number of aliphatic hydroxyl groups is 1. The third-order valence-corrected chi connectivity index (χ3v) is 3.29. The first-order valence-corrected chi connectivity index (χ1v) is 6.97. The molecule has 1 atom stereocenters. The summed E-state index contributed by atoms with van der Waals surface area (Å²) in [5.41, 5.74) is 0.795. The maximum atomic E-state index is 10.0. The molecule has 0 aliphatic heterocycles. The summed E-state index contributed by atoms with van der Waals surface area (Å²) < 4.78 is 0.960. The SMILES string of the molecule is OC(CNc1nc(Cl)cc(Cl)n1)c1ccc(Br)cc1. The smallest absolute Gasteiger partial charge is 0.225 e. The van der Waals surface area contributed by atoms with Crippen molar-refractivity contribution >= 4 is 45.1 Å². The standard InChI is InChI=1S/C12H10BrCl2N3O/c13-8-3-1-7(2-4-8)9(19)6-16-12-17-10(14)5-11(15)18-12/h1-5,9,19H,6H2,(H,16,17,18). The monoisotopic (exact) mass is 361 g/mol. The number of anilines is 1. The van der Waals surface area contributed by atoms with Crippen molar-refractivity contribution in [3.8, 4) is 0 Å². The molecule has 1 heterocycles. The molecule has 0 saturated carbocycles. The number of aromatic nitrogens is 2. The summed E-state index contributed by atoms with van der Waals surface area (Å²) in [6.07, 6.45) is -0.672. The predicted octanol–water partition coefficient (Wildman–Crippen LogP) is 3.69.